The summed E-state index contributed by atoms with van der Waals surface area (Å²) >= 11 is 1.13. The number of aromatic hydroxyl groups is 1. The van der Waals surface area contributed by atoms with Crippen LogP contribution in [-0.2, 0) is 6.42 Å². The zero-order valence-electron chi connectivity index (χ0n) is 7.17. The molecule has 0 fully saturated rings. The molecule has 0 atom stereocenters. The molecule has 0 saturated carbocycles. The van der Waals surface area contributed by atoms with Crippen molar-refractivity contribution < 1.29 is 9.50 Å². The van der Waals surface area contributed by atoms with Crippen molar-refractivity contribution in [2.24, 2.45) is 0 Å². The number of benzene rings is 1. The van der Waals surface area contributed by atoms with E-state index in [-0.39, 0.29) is 10.9 Å². The summed E-state index contributed by atoms with van der Waals surface area (Å²) in [6.07, 6.45) is 0.662. The standard InChI is InChI=1S/C10H9FOS/c1-2-7-8-5-6(12)3-4-9(8)13-10(7)11/h3-5,12H,2H2,1H3. The third-order valence-electron chi connectivity index (χ3n) is 2.08. The number of aryl methyl sites for hydroxylation is 1. The SMILES string of the molecule is CCc1c(F)sc2ccc(O)cc12. The van der Waals surface area contributed by atoms with Gasteiger partial charge in [-0.15, -0.1) is 11.3 Å². The fourth-order valence-electron chi connectivity index (χ4n) is 1.44. The lowest BCUT2D eigenvalue weighted by atomic mass is 10.1. The van der Waals surface area contributed by atoms with E-state index >= 15 is 0 Å². The molecule has 3 heteroatoms. The Morgan fingerprint density at radius 2 is 2.23 bits per heavy atom. The summed E-state index contributed by atoms with van der Waals surface area (Å²) in [6.45, 7) is 1.91. The van der Waals surface area contributed by atoms with E-state index < -0.39 is 0 Å². The fourth-order valence-corrected chi connectivity index (χ4v) is 2.43. The third-order valence-corrected chi connectivity index (χ3v) is 3.08. The first-order valence-corrected chi connectivity index (χ1v) is 4.94. The smallest absolute Gasteiger partial charge is 0.180 e. The predicted octanol–water partition coefficient (Wildman–Crippen LogP) is 3.31. The number of thiophene rings is 1. The molecule has 2 aromatic rings. The highest BCUT2D eigenvalue weighted by Crippen LogP contribution is 2.32. The lowest BCUT2D eigenvalue weighted by Gasteiger charge is -1.94. The number of rotatable bonds is 1. The van der Waals surface area contributed by atoms with E-state index in [2.05, 4.69) is 0 Å². The van der Waals surface area contributed by atoms with Gasteiger partial charge in [0, 0.05) is 15.6 Å². The summed E-state index contributed by atoms with van der Waals surface area (Å²) in [5.74, 6) is 0.194. The number of halogens is 1. The second kappa shape index (κ2) is 3.00. The first-order valence-electron chi connectivity index (χ1n) is 4.12. The zero-order valence-corrected chi connectivity index (χ0v) is 7.99. The molecule has 1 heterocycles. The van der Waals surface area contributed by atoms with Crippen LogP contribution in [0.15, 0.2) is 18.2 Å². The van der Waals surface area contributed by atoms with Crippen molar-refractivity contribution in [3.63, 3.8) is 0 Å². The van der Waals surface area contributed by atoms with Gasteiger partial charge < -0.3 is 5.11 Å². The average molecular weight is 196 g/mol. The Bertz CT molecular complexity index is 447. The van der Waals surface area contributed by atoms with Crippen LogP contribution in [0.2, 0.25) is 0 Å². The Labute approximate surface area is 79.4 Å². The van der Waals surface area contributed by atoms with Crippen LogP contribution in [0.5, 0.6) is 5.75 Å². The lowest BCUT2D eigenvalue weighted by Crippen LogP contribution is -1.79. The first-order chi connectivity index (χ1) is 6.22. The Morgan fingerprint density at radius 3 is 2.92 bits per heavy atom. The second-order valence-electron chi connectivity index (χ2n) is 2.89. The monoisotopic (exact) mass is 196 g/mol. The Morgan fingerprint density at radius 1 is 1.46 bits per heavy atom. The minimum atomic E-state index is -0.136. The maximum Gasteiger partial charge on any atom is 0.180 e. The van der Waals surface area contributed by atoms with Gasteiger partial charge in [0.25, 0.3) is 0 Å². The van der Waals surface area contributed by atoms with Crippen molar-refractivity contribution in [3.8, 4) is 5.75 Å². The van der Waals surface area contributed by atoms with Crippen LogP contribution in [0.4, 0.5) is 4.39 Å². The number of phenolic OH excluding ortho intramolecular Hbond substituents is 1. The second-order valence-corrected chi connectivity index (χ2v) is 3.89. The van der Waals surface area contributed by atoms with Crippen molar-refractivity contribution in [2.45, 2.75) is 13.3 Å². The van der Waals surface area contributed by atoms with Gasteiger partial charge in [0.15, 0.2) is 5.13 Å². The van der Waals surface area contributed by atoms with E-state index in [1.54, 1.807) is 18.2 Å². The van der Waals surface area contributed by atoms with Crippen LogP contribution >= 0.6 is 11.3 Å². The molecule has 0 amide bonds. The van der Waals surface area contributed by atoms with Crippen LogP contribution in [0.1, 0.15) is 12.5 Å². The van der Waals surface area contributed by atoms with E-state index in [0.29, 0.717) is 12.0 Å². The molecule has 13 heavy (non-hydrogen) atoms. The molecule has 0 aliphatic rings. The molecule has 1 nitrogen and oxygen atoms in total. The van der Waals surface area contributed by atoms with Crippen LogP contribution in [-0.4, -0.2) is 5.11 Å². The van der Waals surface area contributed by atoms with E-state index in [0.717, 1.165) is 21.4 Å². The fraction of sp³-hybridized carbons (Fsp3) is 0.200. The normalized spacial score (nSPS) is 10.9. The maximum absolute atomic E-state index is 13.3. The van der Waals surface area contributed by atoms with Gasteiger partial charge in [-0.3, -0.25) is 0 Å². The molecule has 2 rings (SSSR count). The average Bonchev–Trinajstić information content (AvgIpc) is 2.40. The van der Waals surface area contributed by atoms with Crippen molar-refractivity contribution in [1.82, 2.24) is 0 Å². The van der Waals surface area contributed by atoms with Crippen LogP contribution in [0.3, 0.4) is 0 Å². The van der Waals surface area contributed by atoms with Gasteiger partial charge in [0.1, 0.15) is 5.75 Å². The van der Waals surface area contributed by atoms with E-state index in [1.807, 2.05) is 6.92 Å². The van der Waals surface area contributed by atoms with Gasteiger partial charge in [-0.25, -0.2) is 0 Å². The molecular formula is C10H9FOS. The van der Waals surface area contributed by atoms with Gasteiger partial charge in [-0.05, 0) is 24.6 Å². The molecule has 0 bridgehead atoms. The molecular weight excluding hydrogens is 187 g/mol. The van der Waals surface area contributed by atoms with Crippen LogP contribution in [0, 0.1) is 5.13 Å². The van der Waals surface area contributed by atoms with Crippen LogP contribution < -0.4 is 0 Å². The molecule has 1 aromatic carbocycles. The zero-order chi connectivity index (χ0) is 9.42. The minimum Gasteiger partial charge on any atom is -0.508 e. The van der Waals surface area contributed by atoms with Crippen LogP contribution in [0.25, 0.3) is 10.1 Å². The van der Waals surface area contributed by atoms with Gasteiger partial charge in [-0.2, -0.15) is 4.39 Å². The van der Waals surface area contributed by atoms with Crippen molar-refractivity contribution >= 4 is 21.4 Å². The van der Waals surface area contributed by atoms with Crippen molar-refractivity contribution in [3.05, 3.63) is 28.9 Å². The van der Waals surface area contributed by atoms with E-state index in [1.165, 1.54) is 0 Å². The number of hydrogen-bond acceptors (Lipinski definition) is 2. The summed E-state index contributed by atoms with van der Waals surface area (Å²) in [6, 6.07) is 4.95. The molecule has 1 aromatic heterocycles. The first kappa shape index (κ1) is 8.51. The summed E-state index contributed by atoms with van der Waals surface area (Å²) in [5, 5.41) is 9.94. The number of phenols is 1. The Hall–Kier alpha value is -1.09. The van der Waals surface area contributed by atoms with Gasteiger partial charge in [-0.1, -0.05) is 6.92 Å². The molecule has 0 spiro atoms. The summed E-state index contributed by atoms with van der Waals surface area (Å²) in [5.41, 5.74) is 0.705. The Balaban J connectivity index is 2.80. The van der Waals surface area contributed by atoms with E-state index in [9.17, 15) is 9.50 Å². The van der Waals surface area contributed by atoms with Gasteiger partial charge >= 0.3 is 0 Å². The Kier molecular flexibility index (Phi) is 1.96. The molecule has 0 radical (unpaired) electrons. The van der Waals surface area contributed by atoms with E-state index in [4.69, 9.17) is 0 Å². The highest BCUT2D eigenvalue weighted by Gasteiger charge is 2.10. The molecule has 68 valence electrons. The number of hydrogen-bond donors (Lipinski definition) is 1. The quantitative estimate of drug-likeness (QED) is 0.741. The molecule has 0 aliphatic carbocycles. The molecule has 0 unspecified atom stereocenters. The summed E-state index contributed by atoms with van der Waals surface area (Å²) in [4.78, 5) is 0. The molecule has 0 saturated heterocycles. The summed E-state index contributed by atoms with van der Waals surface area (Å²) < 4.78 is 14.2. The highest BCUT2D eigenvalue weighted by atomic mass is 32.1. The molecule has 0 aliphatic heterocycles. The largest absolute Gasteiger partial charge is 0.508 e. The number of fused-ring (bicyclic) bond motifs is 1. The predicted molar refractivity (Wildman–Crippen MR) is 52.8 cm³/mol. The van der Waals surface area contributed by atoms with Gasteiger partial charge in [0.05, 0.1) is 0 Å². The van der Waals surface area contributed by atoms with Gasteiger partial charge in [0.2, 0.25) is 0 Å². The summed E-state index contributed by atoms with van der Waals surface area (Å²) in [7, 11) is 0. The topological polar surface area (TPSA) is 20.2 Å². The third kappa shape index (κ3) is 1.29. The maximum atomic E-state index is 13.3. The van der Waals surface area contributed by atoms with Crippen molar-refractivity contribution in [1.29, 1.82) is 0 Å². The highest BCUT2D eigenvalue weighted by molar-refractivity contribution is 7.17. The minimum absolute atomic E-state index is 0.136. The van der Waals surface area contributed by atoms with Crippen molar-refractivity contribution in [2.75, 3.05) is 0 Å². The molecule has 1 N–H and O–H groups in total. The lowest BCUT2D eigenvalue weighted by molar-refractivity contribution is 0.476.